The SMILES string of the molecule is O=c1c(=Cc2ccc(-c3cccc([N+](=O)[O-])c3)o2)sc2nc(COc3ccccc3)nn12. The first-order chi connectivity index (χ1) is 15.6. The summed E-state index contributed by atoms with van der Waals surface area (Å²) in [6.07, 6.45) is 1.60. The maximum absolute atomic E-state index is 12.7. The van der Waals surface area contributed by atoms with Crippen molar-refractivity contribution in [1.82, 2.24) is 14.6 Å². The van der Waals surface area contributed by atoms with Crippen LogP contribution in [0.2, 0.25) is 0 Å². The predicted molar refractivity (Wildman–Crippen MR) is 117 cm³/mol. The minimum Gasteiger partial charge on any atom is -0.486 e. The molecule has 0 radical (unpaired) electrons. The van der Waals surface area contributed by atoms with E-state index in [1.807, 2.05) is 30.3 Å². The van der Waals surface area contributed by atoms with Crippen LogP contribution in [0.15, 0.2) is 75.9 Å². The zero-order valence-corrected chi connectivity index (χ0v) is 17.2. The normalized spacial score (nSPS) is 11.8. The molecule has 0 bridgehead atoms. The number of ether oxygens (including phenoxy) is 1. The number of non-ortho nitro benzene ring substituents is 1. The summed E-state index contributed by atoms with van der Waals surface area (Å²) in [4.78, 5) is 28.0. The highest BCUT2D eigenvalue weighted by Crippen LogP contribution is 2.26. The third kappa shape index (κ3) is 3.86. The van der Waals surface area contributed by atoms with Gasteiger partial charge >= 0.3 is 0 Å². The zero-order valence-electron chi connectivity index (χ0n) is 16.4. The first-order valence-electron chi connectivity index (χ1n) is 9.49. The van der Waals surface area contributed by atoms with Crippen LogP contribution < -0.4 is 14.8 Å². The van der Waals surface area contributed by atoms with Crippen LogP contribution in [0.5, 0.6) is 5.75 Å². The van der Waals surface area contributed by atoms with E-state index in [0.29, 0.717) is 38.2 Å². The molecule has 0 aliphatic carbocycles. The van der Waals surface area contributed by atoms with Gasteiger partial charge < -0.3 is 9.15 Å². The Morgan fingerprint density at radius 1 is 1.12 bits per heavy atom. The van der Waals surface area contributed by atoms with Crippen molar-refractivity contribution < 1.29 is 14.1 Å². The van der Waals surface area contributed by atoms with Gasteiger partial charge in [0, 0.05) is 23.8 Å². The maximum Gasteiger partial charge on any atom is 0.291 e. The van der Waals surface area contributed by atoms with Gasteiger partial charge in [0.05, 0.1) is 4.92 Å². The van der Waals surface area contributed by atoms with Crippen molar-refractivity contribution in [2.45, 2.75) is 6.61 Å². The molecule has 0 spiro atoms. The van der Waals surface area contributed by atoms with E-state index in [1.165, 1.54) is 28.0 Å². The van der Waals surface area contributed by atoms with Gasteiger partial charge in [-0.15, -0.1) is 5.10 Å². The van der Waals surface area contributed by atoms with Gasteiger partial charge in [-0.25, -0.2) is 0 Å². The summed E-state index contributed by atoms with van der Waals surface area (Å²) in [7, 11) is 0. The highest BCUT2D eigenvalue weighted by atomic mass is 32.1. The van der Waals surface area contributed by atoms with Crippen molar-refractivity contribution in [2.24, 2.45) is 0 Å². The number of furan rings is 1. The summed E-state index contributed by atoms with van der Waals surface area (Å²) in [5.41, 5.74) is 0.243. The lowest BCUT2D eigenvalue weighted by Crippen LogP contribution is -2.23. The Morgan fingerprint density at radius 2 is 1.97 bits per heavy atom. The van der Waals surface area contributed by atoms with Gasteiger partial charge in [0.1, 0.15) is 28.4 Å². The number of para-hydroxylation sites is 1. The number of nitro benzene ring substituents is 1. The predicted octanol–water partition coefficient (Wildman–Crippen LogP) is 3.45. The summed E-state index contributed by atoms with van der Waals surface area (Å²) in [5.74, 6) is 2.02. The monoisotopic (exact) mass is 446 g/mol. The molecule has 9 nitrogen and oxygen atoms in total. The van der Waals surface area contributed by atoms with Gasteiger partial charge in [-0.2, -0.15) is 9.50 Å². The van der Waals surface area contributed by atoms with Crippen LogP contribution in [0.1, 0.15) is 11.6 Å². The van der Waals surface area contributed by atoms with Gasteiger partial charge in [-0.05, 0) is 24.3 Å². The molecule has 0 unspecified atom stereocenters. The lowest BCUT2D eigenvalue weighted by molar-refractivity contribution is -0.384. The summed E-state index contributed by atoms with van der Waals surface area (Å²) in [5, 5.41) is 15.2. The van der Waals surface area contributed by atoms with E-state index in [4.69, 9.17) is 9.15 Å². The van der Waals surface area contributed by atoms with E-state index >= 15 is 0 Å². The molecule has 32 heavy (non-hydrogen) atoms. The Labute approximate surface area is 184 Å². The first-order valence-corrected chi connectivity index (χ1v) is 10.3. The van der Waals surface area contributed by atoms with Crippen LogP contribution in [0, 0.1) is 10.1 Å². The zero-order chi connectivity index (χ0) is 22.1. The molecule has 0 fully saturated rings. The summed E-state index contributed by atoms with van der Waals surface area (Å²) >= 11 is 1.19. The Hall–Kier alpha value is -4.31. The van der Waals surface area contributed by atoms with Crippen molar-refractivity contribution in [1.29, 1.82) is 0 Å². The van der Waals surface area contributed by atoms with Crippen molar-refractivity contribution in [2.75, 3.05) is 0 Å². The molecule has 0 aliphatic heterocycles. The number of nitro groups is 1. The molecule has 5 aromatic rings. The number of nitrogens with zero attached hydrogens (tertiary/aromatic N) is 4. The Morgan fingerprint density at radius 3 is 2.75 bits per heavy atom. The second-order valence-corrected chi connectivity index (χ2v) is 7.76. The lowest BCUT2D eigenvalue weighted by atomic mass is 10.1. The molecule has 5 rings (SSSR count). The quantitative estimate of drug-likeness (QED) is 0.290. The molecule has 0 saturated carbocycles. The maximum atomic E-state index is 12.7. The van der Waals surface area contributed by atoms with E-state index in [0.717, 1.165) is 0 Å². The number of thiazole rings is 1. The van der Waals surface area contributed by atoms with Crippen LogP contribution >= 0.6 is 11.3 Å². The van der Waals surface area contributed by atoms with Gasteiger partial charge in [0.25, 0.3) is 11.2 Å². The summed E-state index contributed by atoms with van der Waals surface area (Å²) in [6.45, 7) is 0.154. The van der Waals surface area contributed by atoms with Gasteiger partial charge in [0.2, 0.25) is 4.96 Å². The number of fused-ring (bicyclic) bond motifs is 1. The average Bonchev–Trinajstić information content (AvgIpc) is 3.51. The molecule has 3 aromatic heterocycles. The number of hydrogen-bond acceptors (Lipinski definition) is 8. The molecular formula is C22H14N4O5S. The van der Waals surface area contributed by atoms with Crippen LogP contribution in [0.3, 0.4) is 0 Å². The molecule has 158 valence electrons. The molecule has 0 N–H and O–H groups in total. The molecule has 2 aromatic carbocycles. The van der Waals surface area contributed by atoms with Crippen LogP contribution in [-0.4, -0.2) is 19.5 Å². The molecule has 0 saturated heterocycles. The fourth-order valence-electron chi connectivity index (χ4n) is 3.09. The molecule has 10 heteroatoms. The molecule has 0 amide bonds. The fraction of sp³-hybridized carbons (Fsp3) is 0.0455. The van der Waals surface area contributed by atoms with Crippen LogP contribution in [0.4, 0.5) is 5.69 Å². The minimum atomic E-state index is -0.462. The summed E-state index contributed by atoms with van der Waals surface area (Å²) < 4.78 is 13.0. The van der Waals surface area contributed by atoms with Crippen molar-refractivity contribution in [3.05, 3.63) is 103 Å². The minimum absolute atomic E-state index is 0.0242. The molecular weight excluding hydrogens is 432 g/mol. The van der Waals surface area contributed by atoms with Crippen LogP contribution in [-0.2, 0) is 6.61 Å². The van der Waals surface area contributed by atoms with Gasteiger partial charge in [-0.3, -0.25) is 14.9 Å². The second kappa shape index (κ2) is 8.08. The highest BCUT2D eigenvalue weighted by molar-refractivity contribution is 7.15. The third-order valence-electron chi connectivity index (χ3n) is 4.58. The van der Waals surface area contributed by atoms with Crippen molar-refractivity contribution in [3.8, 4) is 17.1 Å². The number of aromatic nitrogens is 3. The number of benzene rings is 2. The van der Waals surface area contributed by atoms with E-state index < -0.39 is 4.92 Å². The van der Waals surface area contributed by atoms with E-state index in [2.05, 4.69) is 10.1 Å². The standard InChI is InChI=1S/C22H14N4O5S/c27-21-19(12-17-9-10-18(31-17)14-5-4-6-15(11-14)26(28)29)32-22-23-20(24-25(21)22)13-30-16-7-2-1-3-8-16/h1-12H,13H2. The Balaban J connectivity index is 1.39. The molecule has 3 heterocycles. The number of rotatable bonds is 6. The fourth-order valence-corrected chi connectivity index (χ4v) is 3.99. The highest BCUT2D eigenvalue weighted by Gasteiger charge is 2.13. The van der Waals surface area contributed by atoms with Crippen LogP contribution in [0.25, 0.3) is 22.4 Å². The Bertz CT molecular complexity index is 1540. The largest absolute Gasteiger partial charge is 0.486 e. The van der Waals surface area contributed by atoms with Gasteiger partial charge in [0.15, 0.2) is 5.82 Å². The van der Waals surface area contributed by atoms with Crippen molar-refractivity contribution in [3.63, 3.8) is 0 Å². The molecule has 0 aliphatic rings. The first kappa shape index (κ1) is 19.6. The Kier molecular flexibility index (Phi) is 4.96. The van der Waals surface area contributed by atoms with E-state index in [9.17, 15) is 14.9 Å². The van der Waals surface area contributed by atoms with Crippen molar-refractivity contribution >= 4 is 28.1 Å². The average molecular weight is 446 g/mol. The van der Waals surface area contributed by atoms with E-state index in [-0.39, 0.29) is 17.9 Å². The topological polar surface area (TPSA) is 113 Å². The second-order valence-electron chi connectivity index (χ2n) is 6.75. The number of hydrogen-bond donors (Lipinski definition) is 0. The summed E-state index contributed by atoms with van der Waals surface area (Å²) in [6, 6.07) is 18.8. The molecule has 0 atom stereocenters. The lowest BCUT2D eigenvalue weighted by Gasteiger charge is -2.01. The smallest absolute Gasteiger partial charge is 0.291 e. The van der Waals surface area contributed by atoms with Gasteiger partial charge in [-0.1, -0.05) is 41.7 Å². The van der Waals surface area contributed by atoms with E-state index in [1.54, 1.807) is 30.3 Å². The third-order valence-corrected chi connectivity index (χ3v) is 5.54.